The van der Waals surface area contributed by atoms with Gasteiger partial charge in [0.25, 0.3) is 0 Å². The zero-order valence-corrected chi connectivity index (χ0v) is 17.9. The number of nitrogens with two attached hydrogens (primary N) is 1. The van der Waals surface area contributed by atoms with Crippen LogP contribution in [0.5, 0.6) is 0 Å². The van der Waals surface area contributed by atoms with Crippen LogP contribution in [0, 0.1) is 0 Å². The third-order valence-electron chi connectivity index (χ3n) is 6.51. The molecule has 8 nitrogen and oxygen atoms in total. The molecule has 0 saturated carbocycles. The third-order valence-corrected chi connectivity index (χ3v) is 6.51. The number of nitrogens with zero attached hydrogens (tertiary/aromatic N) is 6. The van der Waals surface area contributed by atoms with Crippen molar-refractivity contribution in [2.45, 2.75) is 57.0 Å². The molecule has 3 aliphatic rings. The number of imidazole rings is 1. The summed E-state index contributed by atoms with van der Waals surface area (Å²) in [5.41, 5.74) is 9.30. The van der Waals surface area contributed by atoms with Crippen LogP contribution >= 0.6 is 0 Å². The Balaban J connectivity index is 1.27. The summed E-state index contributed by atoms with van der Waals surface area (Å²) in [4.78, 5) is 18.5. The molecule has 2 unspecified atom stereocenters. The zero-order chi connectivity index (χ0) is 21.4. The minimum atomic E-state index is 0.0456. The van der Waals surface area contributed by atoms with E-state index in [0.29, 0.717) is 12.5 Å². The first-order valence-electron chi connectivity index (χ1n) is 11.2. The molecule has 1 amide bonds. The molecule has 162 valence electrons. The van der Waals surface area contributed by atoms with Crippen molar-refractivity contribution in [2.24, 2.45) is 10.8 Å². The summed E-state index contributed by atoms with van der Waals surface area (Å²) in [6.45, 7) is 3.54. The van der Waals surface area contributed by atoms with Crippen LogP contribution in [0.4, 0.5) is 0 Å². The summed E-state index contributed by atoms with van der Waals surface area (Å²) in [6, 6.07) is 0.391. The van der Waals surface area contributed by atoms with Crippen LogP contribution < -0.4 is 5.73 Å². The molecule has 1 saturated heterocycles. The molecular formula is C23H29N7O. The van der Waals surface area contributed by atoms with Crippen molar-refractivity contribution < 1.29 is 4.79 Å². The Kier molecular flexibility index (Phi) is 5.31. The van der Waals surface area contributed by atoms with E-state index in [2.05, 4.69) is 39.2 Å². The average molecular weight is 420 g/mol. The highest BCUT2D eigenvalue weighted by atomic mass is 16.2. The molecule has 1 fully saturated rings. The molecule has 0 radical (unpaired) electrons. The van der Waals surface area contributed by atoms with Crippen LogP contribution in [-0.4, -0.2) is 55.6 Å². The van der Waals surface area contributed by atoms with Crippen LogP contribution in [0.25, 0.3) is 5.57 Å². The fraction of sp³-hybridized carbons (Fsp3) is 0.478. The second kappa shape index (κ2) is 8.26. The van der Waals surface area contributed by atoms with Gasteiger partial charge in [-0.05, 0) is 30.4 Å². The molecular weight excluding hydrogens is 390 g/mol. The standard InChI is InChI=1S/C23H29N7O/c1-2-23(31)28-8-6-20(7-9-28)29-15-18(13-26-29)17-11-22-25-14-21(30(22)27-12-17)16-4-3-5-19(24)10-16/h3-4,10,12-15,17,19-20H,2,5-9,11,24H2,1H3. The molecule has 0 aromatic carbocycles. The molecule has 2 aromatic rings. The molecule has 2 aliphatic heterocycles. The van der Waals surface area contributed by atoms with E-state index in [9.17, 15) is 4.79 Å². The lowest BCUT2D eigenvalue weighted by Crippen LogP contribution is -2.38. The van der Waals surface area contributed by atoms with Crippen LogP contribution in [0.15, 0.2) is 41.9 Å². The van der Waals surface area contributed by atoms with Gasteiger partial charge in [-0.25, -0.2) is 9.66 Å². The number of carbonyl (C=O) groups is 1. The molecule has 0 spiro atoms. The van der Waals surface area contributed by atoms with Crippen molar-refractivity contribution in [1.82, 2.24) is 24.3 Å². The van der Waals surface area contributed by atoms with Crippen molar-refractivity contribution in [2.75, 3.05) is 13.1 Å². The van der Waals surface area contributed by atoms with E-state index in [-0.39, 0.29) is 17.9 Å². The minimum absolute atomic E-state index is 0.0456. The molecule has 0 bridgehead atoms. The smallest absolute Gasteiger partial charge is 0.222 e. The van der Waals surface area contributed by atoms with Crippen molar-refractivity contribution in [3.8, 4) is 0 Å². The van der Waals surface area contributed by atoms with Gasteiger partial charge in [-0.3, -0.25) is 9.48 Å². The van der Waals surface area contributed by atoms with Crippen molar-refractivity contribution in [3.63, 3.8) is 0 Å². The van der Waals surface area contributed by atoms with E-state index in [1.165, 1.54) is 0 Å². The molecule has 2 N–H and O–H groups in total. The van der Waals surface area contributed by atoms with Gasteiger partial charge in [0.15, 0.2) is 0 Å². The summed E-state index contributed by atoms with van der Waals surface area (Å²) in [6.07, 6.45) is 18.4. The summed E-state index contributed by atoms with van der Waals surface area (Å²) in [5, 5.41) is 9.34. The van der Waals surface area contributed by atoms with Crippen molar-refractivity contribution >= 4 is 17.7 Å². The first-order chi connectivity index (χ1) is 15.1. The fourth-order valence-electron chi connectivity index (χ4n) is 4.67. The lowest BCUT2D eigenvalue weighted by molar-refractivity contribution is -0.132. The van der Waals surface area contributed by atoms with E-state index in [0.717, 1.165) is 61.4 Å². The average Bonchev–Trinajstić information content (AvgIpc) is 3.46. The highest BCUT2D eigenvalue weighted by Crippen LogP contribution is 2.29. The predicted octanol–water partition coefficient (Wildman–Crippen LogP) is 2.50. The molecule has 2 aromatic heterocycles. The van der Waals surface area contributed by atoms with Crippen molar-refractivity contribution in [1.29, 1.82) is 0 Å². The summed E-state index contributed by atoms with van der Waals surface area (Å²) in [5.74, 6) is 1.36. The van der Waals surface area contributed by atoms with E-state index in [1.54, 1.807) is 0 Å². The Bertz CT molecular complexity index is 1050. The van der Waals surface area contributed by atoms with Gasteiger partial charge in [0.05, 0.1) is 24.1 Å². The van der Waals surface area contributed by atoms with Crippen molar-refractivity contribution in [3.05, 3.63) is 53.9 Å². The van der Waals surface area contributed by atoms with Gasteiger partial charge in [0.2, 0.25) is 5.91 Å². The first-order valence-corrected chi connectivity index (χ1v) is 11.2. The van der Waals surface area contributed by atoms with E-state index in [4.69, 9.17) is 10.8 Å². The van der Waals surface area contributed by atoms with Gasteiger partial charge in [-0.2, -0.15) is 10.2 Å². The van der Waals surface area contributed by atoms with Gasteiger partial charge in [-0.15, -0.1) is 0 Å². The maximum atomic E-state index is 11.9. The number of rotatable bonds is 4. The minimum Gasteiger partial charge on any atom is -0.343 e. The van der Waals surface area contributed by atoms with Crippen LogP contribution in [0.1, 0.15) is 61.6 Å². The first kappa shape index (κ1) is 19.9. The molecule has 4 heterocycles. The van der Waals surface area contributed by atoms with Gasteiger partial charge in [0.1, 0.15) is 5.82 Å². The normalized spacial score (nSPS) is 23.7. The zero-order valence-electron chi connectivity index (χ0n) is 17.9. The number of aromatic nitrogens is 4. The molecule has 5 rings (SSSR count). The van der Waals surface area contributed by atoms with E-state index < -0.39 is 0 Å². The Labute approximate surface area is 182 Å². The van der Waals surface area contributed by atoms with Crippen LogP contribution in [-0.2, 0) is 11.2 Å². The molecule has 1 aliphatic carbocycles. The summed E-state index contributed by atoms with van der Waals surface area (Å²) in [7, 11) is 0. The molecule has 8 heteroatoms. The third kappa shape index (κ3) is 3.87. The summed E-state index contributed by atoms with van der Waals surface area (Å²) >= 11 is 0. The lowest BCUT2D eigenvalue weighted by atomic mass is 9.98. The van der Waals surface area contributed by atoms with Crippen LogP contribution in [0.3, 0.4) is 0 Å². The Morgan fingerprint density at radius 3 is 2.87 bits per heavy atom. The van der Waals surface area contributed by atoms with Gasteiger partial charge >= 0.3 is 0 Å². The van der Waals surface area contributed by atoms with Gasteiger partial charge in [-0.1, -0.05) is 25.2 Å². The Morgan fingerprint density at radius 1 is 1.26 bits per heavy atom. The highest BCUT2D eigenvalue weighted by Gasteiger charge is 2.26. The van der Waals surface area contributed by atoms with E-state index >= 15 is 0 Å². The number of likely N-dealkylation sites (tertiary alicyclic amines) is 1. The SMILES string of the molecule is CCC(=O)N1CCC(n2cc(C3C=Nn4c(C5=CC(N)CC=C5)cnc4C3)cn2)CC1. The number of hydrogen-bond acceptors (Lipinski definition) is 5. The molecule has 31 heavy (non-hydrogen) atoms. The maximum Gasteiger partial charge on any atom is 0.222 e. The Morgan fingerprint density at radius 2 is 2.10 bits per heavy atom. The monoisotopic (exact) mass is 419 g/mol. The number of carbonyl (C=O) groups excluding carboxylic acids is 1. The Hall–Kier alpha value is -3.00. The van der Waals surface area contributed by atoms with Gasteiger partial charge < -0.3 is 10.6 Å². The predicted molar refractivity (Wildman–Crippen MR) is 120 cm³/mol. The quantitative estimate of drug-likeness (QED) is 0.824. The van der Waals surface area contributed by atoms with Crippen LogP contribution in [0.2, 0.25) is 0 Å². The largest absolute Gasteiger partial charge is 0.343 e. The molecule has 2 atom stereocenters. The number of allylic oxidation sites excluding steroid dienone is 2. The highest BCUT2D eigenvalue weighted by molar-refractivity contribution is 5.76. The number of amides is 1. The summed E-state index contributed by atoms with van der Waals surface area (Å²) < 4.78 is 4.00. The van der Waals surface area contributed by atoms with Gasteiger partial charge in [0, 0.05) is 50.3 Å². The number of hydrogen-bond donors (Lipinski definition) is 1. The van der Waals surface area contributed by atoms with E-state index in [1.807, 2.05) is 35.1 Å². The second-order valence-corrected chi connectivity index (χ2v) is 8.59. The lowest BCUT2D eigenvalue weighted by Gasteiger charge is -2.32. The maximum absolute atomic E-state index is 11.9. The fourth-order valence-corrected chi connectivity index (χ4v) is 4.67. The number of piperidine rings is 1. The number of fused-ring (bicyclic) bond motifs is 1. The second-order valence-electron chi connectivity index (χ2n) is 8.59. The topological polar surface area (TPSA) is 94.3 Å².